The molecule has 2 nitrogen and oxygen atoms in total. The predicted molar refractivity (Wildman–Crippen MR) is 131 cm³/mol. The van der Waals surface area contributed by atoms with Crippen molar-refractivity contribution in [2.75, 3.05) is 19.8 Å². The third-order valence-electron chi connectivity index (χ3n) is 6.45. The van der Waals surface area contributed by atoms with Crippen molar-refractivity contribution in [2.24, 2.45) is 0 Å². The van der Waals surface area contributed by atoms with Crippen molar-refractivity contribution < 1.29 is 0 Å². The lowest BCUT2D eigenvalue weighted by molar-refractivity contribution is 0.257. The van der Waals surface area contributed by atoms with E-state index < -0.39 is 0 Å². The van der Waals surface area contributed by atoms with Gasteiger partial charge in [-0.25, -0.2) is 0 Å². The minimum absolute atomic E-state index is 1.13. The molecule has 2 heteroatoms. The van der Waals surface area contributed by atoms with E-state index in [0.29, 0.717) is 0 Å². The summed E-state index contributed by atoms with van der Waals surface area (Å²) in [5.41, 5.74) is 0. The van der Waals surface area contributed by atoms with Gasteiger partial charge in [0.05, 0.1) is 6.67 Å². The Bertz CT molecular complexity index is 352. The zero-order chi connectivity index (χ0) is 20.8. The zero-order valence-corrected chi connectivity index (χ0v) is 20.3. The van der Waals surface area contributed by atoms with Crippen molar-refractivity contribution in [1.82, 2.24) is 9.80 Å². The molecule has 0 aliphatic carbocycles. The van der Waals surface area contributed by atoms with Crippen molar-refractivity contribution >= 4 is 0 Å². The van der Waals surface area contributed by atoms with Crippen LogP contribution in [0.5, 0.6) is 0 Å². The first kappa shape index (κ1) is 26.4. The molecule has 172 valence electrons. The van der Waals surface area contributed by atoms with E-state index in [9.17, 15) is 0 Å². The van der Waals surface area contributed by atoms with Gasteiger partial charge >= 0.3 is 0 Å². The lowest BCUT2D eigenvalue weighted by atomic mass is 10.0. The van der Waals surface area contributed by atoms with Crippen LogP contribution in [0.3, 0.4) is 0 Å². The molecule has 0 saturated carbocycles. The van der Waals surface area contributed by atoms with Gasteiger partial charge in [0, 0.05) is 25.5 Å². The standard InChI is InChI=1S/C27H54N2/c1-3-5-7-9-10-11-12-13-14-15-16-17-18-19-20-22-24-29-26-25-28(27-29)23-21-8-6-4-2/h25-26H,3-24,27H2,1-2H3. The molecule has 0 amide bonds. The normalized spacial score (nSPS) is 13.7. The highest BCUT2D eigenvalue weighted by atomic mass is 15.3. The van der Waals surface area contributed by atoms with E-state index in [1.165, 1.54) is 142 Å². The van der Waals surface area contributed by atoms with Gasteiger partial charge in [0.15, 0.2) is 0 Å². The Kier molecular flexibility index (Phi) is 18.7. The number of hydrogen-bond acceptors (Lipinski definition) is 2. The second-order valence-corrected chi connectivity index (χ2v) is 9.43. The van der Waals surface area contributed by atoms with Gasteiger partial charge in [0.1, 0.15) is 0 Å². The first-order chi connectivity index (χ1) is 14.4. The molecule has 1 rings (SSSR count). The lowest BCUT2D eigenvalue weighted by Crippen LogP contribution is -2.26. The Balaban J connectivity index is 1.74. The second-order valence-electron chi connectivity index (χ2n) is 9.43. The zero-order valence-electron chi connectivity index (χ0n) is 20.3. The lowest BCUT2D eigenvalue weighted by Gasteiger charge is -2.21. The van der Waals surface area contributed by atoms with Crippen LogP contribution in [0.25, 0.3) is 0 Å². The molecule has 0 aromatic heterocycles. The molecule has 0 unspecified atom stereocenters. The average molecular weight is 407 g/mol. The summed E-state index contributed by atoms with van der Waals surface area (Å²) >= 11 is 0. The number of hydrogen-bond donors (Lipinski definition) is 0. The van der Waals surface area contributed by atoms with Crippen LogP contribution in [0.2, 0.25) is 0 Å². The fourth-order valence-corrected chi connectivity index (χ4v) is 4.41. The quantitative estimate of drug-likeness (QED) is 0.166. The highest BCUT2D eigenvalue weighted by Crippen LogP contribution is 2.15. The van der Waals surface area contributed by atoms with Crippen LogP contribution in [0, 0.1) is 0 Å². The van der Waals surface area contributed by atoms with Gasteiger partial charge in [0.25, 0.3) is 0 Å². The van der Waals surface area contributed by atoms with Crippen LogP contribution in [0.15, 0.2) is 12.4 Å². The third kappa shape index (κ3) is 16.8. The van der Waals surface area contributed by atoms with Crippen LogP contribution >= 0.6 is 0 Å². The van der Waals surface area contributed by atoms with E-state index in [1.54, 1.807) is 0 Å². The van der Waals surface area contributed by atoms with Crippen molar-refractivity contribution in [3.63, 3.8) is 0 Å². The minimum atomic E-state index is 1.13. The van der Waals surface area contributed by atoms with E-state index in [-0.39, 0.29) is 0 Å². The average Bonchev–Trinajstić information content (AvgIpc) is 3.18. The third-order valence-corrected chi connectivity index (χ3v) is 6.45. The van der Waals surface area contributed by atoms with E-state index in [1.807, 2.05) is 0 Å². The van der Waals surface area contributed by atoms with Crippen molar-refractivity contribution in [2.45, 2.75) is 142 Å². The molecule has 1 aliphatic heterocycles. The van der Waals surface area contributed by atoms with Crippen LogP contribution in [0.4, 0.5) is 0 Å². The Morgan fingerprint density at radius 1 is 0.414 bits per heavy atom. The largest absolute Gasteiger partial charge is 0.359 e. The smallest absolute Gasteiger partial charge is 0.0893 e. The fourth-order valence-electron chi connectivity index (χ4n) is 4.41. The Labute approximate surface area is 184 Å². The van der Waals surface area contributed by atoms with E-state index in [2.05, 4.69) is 36.0 Å². The van der Waals surface area contributed by atoms with Crippen LogP contribution in [0.1, 0.15) is 142 Å². The first-order valence-corrected chi connectivity index (χ1v) is 13.5. The van der Waals surface area contributed by atoms with Gasteiger partial charge < -0.3 is 9.80 Å². The maximum atomic E-state index is 2.50. The Morgan fingerprint density at radius 2 is 0.690 bits per heavy atom. The van der Waals surface area contributed by atoms with Crippen LogP contribution in [-0.4, -0.2) is 29.6 Å². The summed E-state index contributed by atoms with van der Waals surface area (Å²) in [7, 11) is 0. The molecule has 0 fully saturated rings. The van der Waals surface area contributed by atoms with Gasteiger partial charge in [-0.05, 0) is 12.8 Å². The van der Waals surface area contributed by atoms with Crippen molar-refractivity contribution in [3.05, 3.63) is 12.4 Å². The molecule has 1 aliphatic rings. The maximum Gasteiger partial charge on any atom is 0.0893 e. The van der Waals surface area contributed by atoms with Gasteiger partial charge in [0.2, 0.25) is 0 Å². The van der Waals surface area contributed by atoms with Crippen molar-refractivity contribution in [3.8, 4) is 0 Å². The molecular weight excluding hydrogens is 352 g/mol. The first-order valence-electron chi connectivity index (χ1n) is 13.5. The minimum Gasteiger partial charge on any atom is -0.359 e. The van der Waals surface area contributed by atoms with Gasteiger partial charge in [-0.3, -0.25) is 0 Å². The van der Waals surface area contributed by atoms with Gasteiger partial charge in [-0.1, -0.05) is 129 Å². The molecule has 0 radical (unpaired) electrons. The molecule has 0 aromatic carbocycles. The SMILES string of the molecule is CCCCCCCCCCCCCCCCCCN1C=CN(CCCCCC)C1. The maximum absolute atomic E-state index is 2.50. The molecular formula is C27H54N2. The molecule has 0 spiro atoms. The van der Waals surface area contributed by atoms with E-state index in [4.69, 9.17) is 0 Å². The summed E-state index contributed by atoms with van der Waals surface area (Å²) < 4.78 is 0. The second kappa shape index (κ2) is 20.6. The van der Waals surface area contributed by atoms with Gasteiger partial charge in [-0.15, -0.1) is 0 Å². The fraction of sp³-hybridized carbons (Fsp3) is 0.926. The predicted octanol–water partition coefficient (Wildman–Crippen LogP) is 8.87. The Morgan fingerprint density at radius 3 is 1.03 bits per heavy atom. The van der Waals surface area contributed by atoms with Crippen molar-refractivity contribution in [1.29, 1.82) is 0 Å². The molecule has 29 heavy (non-hydrogen) atoms. The van der Waals surface area contributed by atoms with E-state index >= 15 is 0 Å². The topological polar surface area (TPSA) is 6.48 Å². The summed E-state index contributed by atoms with van der Waals surface area (Å²) in [5.74, 6) is 0. The molecule has 0 atom stereocenters. The summed E-state index contributed by atoms with van der Waals surface area (Å²) in [6, 6.07) is 0. The Hall–Kier alpha value is -0.660. The molecule has 0 N–H and O–H groups in total. The number of rotatable bonds is 22. The van der Waals surface area contributed by atoms with E-state index in [0.717, 1.165) is 6.67 Å². The monoisotopic (exact) mass is 406 g/mol. The highest BCUT2D eigenvalue weighted by molar-refractivity contribution is 4.90. The summed E-state index contributed by atoms with van der Waals surface area (Å²) in [5, 5.41) is 0. The summed E-state index contributed by atoms with van der Waals surface area (Å²) in [6.45, 7) is 8.21. The molecule has 0 saturated heterocycles. The van der Waals surface area contributed by atoms with Crippen LogP contribution < -0.4 is 0 Å². The van der Waals surface area contributed by atoms with Crippen LogP contribution in [-0.2, 0) is 0 Å². The van der Waals surface area contributed by atoms with Gasteiger partial charge in [-0.2, -0.15) is 0 Å². The molecule has 1 heterocycles. The molecule has 0 aromatic rings. The summed E-state index contributed by atoms with van der Waals surface area (Å²) in [6.07, 6.45) is 33.3. The number of nitrogens with zero attached hydrogens (tertiary/aromatic N) is 2. The highest BCUT2D eigenvalue weighted by Gasteiger charge is 2.10. The summed E-state index contributed by atoms with van der Waals surface area (Å²) in [4.78, 5) is 4.99. The molecule has 0 bridgehead atoms. The number of unbranched alkanes of at least 4 members (excludes halogenated alkanes) is 18.